The lowest BCUT2D eigenvalue weighted by atomic mass is 10.0. The first-order valence-corrected chi connectivity index (χ1v) is 9.68. The second kappa shape index (κ2) is 8.82. The van der Waals surface area contributed by atoms with Crippen LogP contribution >= 0.6 is 0 Å². The third-order valence-corrected chi connectivity index (χ3v) is 4.64. The maximum atomic E-state index is 13.0. The zero-order valence-electron chi connectivity index (χ0n) is 16.7. The fraction of sp³-hybridized carbons (Fsp3) is 0.238. The number of fused-ring (bicyclic) bond motifs is 1. The van der Waals surface area contributed by atoms with Crippen molar-refractivity contribution in [2.24, 2.45) is 0 Å². The quantitative estimate of drug-likeness (QED) is 0.603. The van der Waals surface area contributed by atoms with Gasteiger partial charge in [0.25, 0.3) is 5.91 Å². The lowest BCUT2D eigenvalue weighted by Gasteiger charge is -2.24. The molecule has 0 saturated carbocycles. The van der Waals surface area contributed by atoms with Crippen LogP contribution in [0, 0.1) is 5.82 Å². The average Bonchev–Trinajstić information content (AvgIpc) is 3.22. The van der Waals surface area contributed by atoms with Crippen LogP contribution < -0.4 is 20.1 Å². The Kier molecular flexibility index (Phi) is 5.78. The molecule has 2 N–H and O–H groups in total. The third-order valence-electron chi connectivity index (χ3n) is 4.64. The molecule has 4 rings (SSSR count). The standard InChI is InChI=1S/C21H20FN5O4/c1-2-30-18-9-13(16-10-19(28)26-21-23-12-24-27(16)21)3-8-17(18)31-11-20(29)25-15-6-4-14(22)5-7-15/h3-9,12,16H,2,10-11H2,1H3,(H,25,29)(H,23,24,26,28). The van der Waals surface area contributed by atoms with Gasteiger partial charge in [0.2, 0.25) is 11.9 Å². The van der Waals surface area contributed by atoms with Crippen LogP contribution in [0.25, 0.3) is 0 Å². The molecule has 2 amide bonds. The number of anilines is 2. The molecule has 1 atom stereocenters. The highest BCUT2D eigenvalue weighted by Gasteiger charge is 2.28. The van der Waals surface area contributed by atoms with Crippen LogP contribution in [0.3, 0.4) is 0 Å². The van der Waals surface area contributed by atoms with E-state index < -0.39 is 5.91 Å². The molecule has 0 aliphatic carbocycles. The Morgan fingerprint density at radius 2 is 2.03 bits per heavy atom. The van der Waals surface area contributed by atoms with Gasteiger partial charge in [-0.25, -0.2) is 9.07 Å². The molecule has 0 saturated heterocycles. The molecular weight excluding hydrogens is 405 g/mol. The van der Waals surface area contributed by atoms with E-state index in [2.05, 4.69) is 20.7 Å². The van der Waals surface area contributed by atoms with E-state index >= 15 is 0 Å². The summed E-state index contributed by atoms with van der Waals surface area (Å²) in [6.45, 7) is 1.97. The van der Waals surface area contributed by atoms with E-state index in [1.807, 2.05) is 6.92 Å². The van der Waals surface area contributed by atoms with Crippen LogP contribution in [-0.2, 0) is 9.59 Å². The molecule has 0 spiro atoms. The number of carbonyl (C=O) groups excluding carboxylic acids is 2. The Hall–Kier alpha value is -3.95. The summed E-state index contributed by atoms with van der Waals surface area (Å²) in [5, 5.41) is 9.50. The van der Waals surface area contributed by atoms with Crippen LogP contribution in [0.15, 0.2) is 48.8 Å². The monoisotopic (exact) mass is 425 g/mol. The number of benzene rings is 2. The van der Waals surface area contributed by atoms with Crippen molar-refractivity contribution < 1.29 is 23.5 Å². The van der Waals surface area contributed by atoms with Gasteiger partial charge >= 0.3 is 0 Å². The summed E-state index contributed by atoms with van der Waals surface area (Å²) in [5.74, 6) is 0.290. The largest absolute Gasteiger partial charge is 0.490 e. The summed E-state index contributed by atoms with van der Waals surface area (Å²) < 4.78 is 25.9. The van der Waals surface area contributed by atoms with Gasteiger partial charge < -0.3 is 14.8 Å². The van der Waals surface area contributed by atoms with Crippen LogP contribution in [0.5, 0.6) is 11.5 Å². The second-order valence-corrected chi connectivity index (χ2v) is 6.78. The lowest BCUT2D eigenvalue weighted by Crippen LogP contribution is -2.29. The summed E-state index contributed by atoms with van der Waals surface area (Å²) in [5.41, 5.74) is 1.27. The van der Waals surface area contributed by atoms with Gasteiger partial charge in [-0.15, -0.1) is 0 Å². The second-order valence-electron chi connectivity index (χ2n) is 6.78. The summed E-state index contributed by atoms with van der Waals surface area (Å²) >= 11 is 0. The molecule has 3 aromatic rings. The van der Waals surface area contributed by atoms with Gasteiger partial charge in [0.05, 0.1) is 19.1 Å². The minimum Gasteiger partial charge on any atom is -0.490 e. The van der Waals surface area contributed by atoms with Crippen molar-refractivity contribution in [1.29, 1.82) is 0 Å². The minimum atomic E-state index is -0.394. The molecule has 1 unspecified atom stereocenters. The molecule has 10 heteroatoms. The summed E-state index contributed by atoms with van der Waals surface area (Å²) in [6.07, 6.45) is 1.59. The molecule has 31 heavy (non-hydrogen) atoms. The number of nitrogens with one attached hydrogen (secondary N) is 2. The van der Waals surface area contributed by atoms with E-state index in [-0.39, 0.29) is 30.8 Å². The fourth-order valence-corrected chi connectivity index (χ4v) is 3.26. The third kappa shape index (κ3) is 4.63. The lowest BCUT2D eigenvalue weighted by molar-refractivity contribution is -0.118. The Morgan fingerprint density at radius 3 is 2.81 bits per heavy atom. The molecule has 2 heterocycles. The SMILES string of the molecule is CCOc1cc(C2CC(=O)Nc3ncnn32)ccc1OCC(=O)Nc1ccc(F)cc1. The van der Waals surface area contributed by atoms with Gasteiger partial charge in [0, 0.05) is 5.69 Å². The molecule has 2 aromatic carbocycles. The van der Waals surface area contributed by atoms with Gasteiger partial charge in [0.15, 0.2) is 18.1 Å². The van der Waals surface area contributed by atoms with Gasteiger partial charge in [-0.2, -0.15) is 10.1 Å². The van der Waals surface area contributed by atoms with E-state index in [1.54, 1.807) is 22.9 Å². The number of nitrogens with zero attached hydrogens (tertiary/aromatic N) is 3. The molecule has 0 radical (unpaired) electrons. The van der Waals surface area contributed by atoms with Crippen LogP contribution in [0.1, 0.15) is 24.9 Å². The summed E-state index contributed by atoms with van der Waals surface area (Å²) in [6, 6.07) is 10.4. The Morgan fingerprint density at radius 1 is 1.23 bits per heavy atom. The van der Waals surface area contributed by atoms with Crippen LogP contribution in [0.4, 0.5) is 16.0 Å². The van der Waals surface area contributed by atoms with E-state index in [0.29, 0.717) is 29.7 Å². The van der Waals surface area contributed by atoms with Crippen molar-refractivity contribution >= 4 is 23.5 Å². The predicted molar refractivity (Wildman–Crippen MR) is 110 cm³/mol. The Bertz CT molecular complexity index is 1100. The maximum Gasteiger partial charge on any atom is 0.262 e. The molecule has 9 nitrogen and oxygen atoms in total. The van der Waals surface area contributed by atoms with Crippen molar-refractivity contribution in [3.8, 4) is 11.5 Å². The van der Waals surface area contributed by atoms with E-state index in [1.165, 1.54) is 30.6 Å². The molecule has 0 bridgehead atoms. The van der Waals surface area contributed by atoms with E-state index in [0.717, 1.165) is 5.56 Å². The molecule has 1 aliphatic rings. The number of aromatic nitrogens is 3. The zero-order chi connectivity index (χ0) is 21.8. The van der Waals surface area contributed by atoms with Crippen molar-refractivity contribution in [3.05, 3.63) is 60.2 Å². The summed E-state index contributed by atoms with van der Waals surface area (Å²) in [7, 11) is 0. The van der Waals surface area contributed by atoms with Crippen molar-refractivity contribution in [2.45, 2.75) is 19.4 Å². The fourth-order valence-electron chi connectivity index (χ4n) is 3.26. The molecule has 160 valence electrons. The number of hydrogen-bond donors (Lipinski definition) is 2. The predicted octanol–water partition coefficient (Wildman–Crippen LogP) is 2.77. The van der Waals surface area contributed by atoms with Gasteiger partial charge in [0.1, 0.15) is 12.1 Å². The molecule has 1 aliphatic heterocycles. The first-order chi connectivity index (χ1) is 15.0. The minimum absolute atomic E-state index is 0.152. The molecular formula is C21H20FN5O4. The van der Waals surface area contributed by atoms with Crippen molar-refractivity contribution in [1.82, 2.24) is 14.8 Å². The molecule has 1 aromatic heterocycles. The van der Waals surface area contributed by atoms with E-state index in [9.17, 15) is 14.0 Å². The average molecular weight is 425 g/mol. The molecule has 0 fully saturated rings. The summed E-state index contributed by atoms with van der Waals surface area (Å²) in [4.78, 5) is 28.2. The van der Waals surface area contributed by atoms with Crippen LogP contribution in [0.2, 0.25) is 0 Å². The number of rotatable bonds is 7. The normalized spacial score (nSPS) is 15.0. The van der Waals surface area contributed by atoms with Crippen molar-refractivity contribution in [3.63, 3.8) is 0 Å². The van der Waals surface area contributed by atoms with E-state index in [4.69, 9.17) is 9.47 Å². The van der Waals surface area contributed by atoms with Crippen LogP contribution in [-0.4, -0.2) is 39.8 Å². The van der Waals surface area contributed by atoms with Gasteiger partial charge in [-0.05, 0) is 48.9 Å². The number of carbonyl (C=O) groups is 2. The highest BCUT2D eigenvalue weighted by molar-refractivity contribution is 5.92. The smallest absolute Gasteiger partial charge is 0.262 e. The number of hydrogen-bond acceptors (Lipinski definition) is 6. The number of amides is 2. The number of halogens is 1. The first kappa shape index (κ1) is 20.3. The highest BCUT2D eigenvalue weighted by atomic mass is 19.1. The number of ether oxygens (including phenoxy) is 2. The van der Waals surface area contributed by atoms with Crippen molar-refractivity contribution in [2.75, 3.05) is 23.8 Å². The zero-order valence-corrected chi connectivity index (χ0v) is 16.7. The van der Waals surface area contributed by atoms with Gasteiger partial charge in [-0.3, -0.25) is 14.9 Å². The topological polar surface area (TPSA) is 107 Å². The Labute approximate surface area is 177 Å². The maximum absolute atomic E-state index is 13.0. The first-order valence-electron chi connectivity index (χ1n) is 9.68. The van der Waals surface area contributed by atoms with Gasteiger partial charge in [-0.1, -0.05) is 6.07 Å². The highest BCUT2D eigenvalue weighted by Crippen LogP contribution is 2.35. The Balaban J connectivity index is 1.48.